The van der Waals surface area contributed by atoms with Crippen LogP contribution in [0.15, 0.2) is 70.7 Å². The van der Waals surface area contributed by atoms with Crippen molar-refractivity contribution in [3.05, 3.63) is 66.4 Å². The molecule has 88 valence electrons. The van der Waals surface area contributed by atoms with Gasteiger partial charge in [-0.15, -0.1) is 0 Å². The van der Waals surface area contributed by atoms with Gasteiger partial charge in [0.2, 0.25) is 0 Å². The molecule has 18 heavy (non-hydrogen) atoms. The molecule has 0 radical (unpaired) electrons. The smallest absolute Gasteiger partial charge is 0.109 e. The Morgan fingerprint density at radius 2 is 1.67 bits per heavy atom. The number of aryl methyl sites for hydroxylation is 1. The highest BCUT2D eigenvalue weighted by atomic mass is 32.2. The zero-order valence-corrected chi connectivity index (χ0v) is 10.9. The maximum atomic E-state index is 4.49. The summed E-state index contributed by atoms with van der Waals surface area (Å²) in [6, 6.07) is 19.0. The molecule has 2 heteroatoms. The van der Waals surface area contributed by atoms with Crippen LogP contribution in [0.1, 0.15) is 5.56 Å². The molecule has 1 heterocycles. The van der Waals surface area contributed by atoms with Gasteiger partial charge in [-0.3, -0.25) is 0 Å². The van der Waals surface area contributed by atoms with Crippen molar-refractivity contribution in [2.75, 3.05) is 0 Å². The Hall–Kier alpha value is -1.80. The van der Waals surface area contributed by atoms with Gasteiger partial charge in [0, 0.05) is 16.5 Å². The molecule has 0 spiro atoms. The maximum absolute atomic E-state index is 4.49. The maximum Gasteiger partial charge on any atom is 0.109 e. The Labute approximate surface area is 111 Å². The minimum Gasteiger partial charge on any atom is -0.249 e. The van der Waals surface area contributed by atoms with E-state index in [9.17, 15) is 0 Å². The molecule has 0 saturated carbocycles. The fourth-order valence-corrected chi connectivity index (χ4v) is 2.80. The molecule has 0 fully saturated rings. The first kappa shape index (κ1) is 11.3. The fraction of sp³-hybridized carbons (Fsp3) is 0.0625. The van der Waals surface area contributed by atoms with E-state index in [0.29, 0.717) is 0 Å². The summed E-state index contributed by atoms with van der Waals surface area (Å²) in [6.45, 7) is 2.10. The molecule has 3 aromatic rings. The molecule has 0 bridgehead atoms. The summed E-state index contributed by atoms with van der Waals surface area (Å²) in [5.41, 5.74) is 1.28. The normalized spacial score (nSPS) is 10.7. The molecule has 0 aliphatic rings. The van der Waals surface area contributed by atoms with Crippen LogP contribution in [0.4, 0.5) is 0 Å². The lowest BCUT2D eigenvalue weighted by Crippen LogP contribution is -1.82. The molecular formula is C16H13NS. The van der Waals surface area contributed by atoms with E-state index >= 15 is 0 Å². The van der Waals surface area contributed by atoms with Crippen molar-refractivity contribution in [3.8, 4) is 0 Å². The van der Waals surface area contributed by atoms with Crippen molar-refractivity contribution in [1.82, 2.24) is 4.98 Å². The quantitative estimate of drug-likeness (QED) is 0.655. The average molecular weight is 251 g/mol. The summed E-state index contributed by atoms with van der Waals surface area (Å²) in [5.74, 6) is 0. The van der Waals surface area contributed by atoms with E-state index in [1.54, 1.807) is 11.8 Å². The lowest BCUT2D eigenvalue weighted by Gasteiger charge is -2.05. The van der Waals surface area contributed by atoms with Gasteiger partial charge in [0.15, 0.2) is 0 Å². The summed E-state index contributed by atoms with van der Waals surface area (Å²) in [5, 5.41) is 3.52. The van der Waals surface area contributed by atoms with Crippen molar-refractivity contribution in [3.63, 3.8) is 0 Å². The first-order valence-corrected chi connectivity index (χ1v) is 6.73. The Bertz CT molecular complexity index is 669. The van der Waals surface area contributed by atoms with Gasteiger partial charge in [-0.2, -0.15) is 0 Å². The number of aromatic nitrogens is 1. The molecule has 0 aliphatic heterocycles. The summed E-state index contributed by atoms with van der Waals surface area (Å²) < 4.78 is 0. The Morgan fingerprint density at radius 3 is 2.50 bits per heavy atom. The molecule has 0 saturated heterocycles. The monoisotopic (exact) mass is 251 g/mol. The Morgan fingerprint density at radius 1 is 0.889 bits per heavy atom. The average Bonchev–Trinajstić information content (AvgIpc) is 2.42. The van der Waals surface area contributed by atoms with Gasteiger partial charge in [-0.05, 0) is 30.5 Å². The Kier molecular flexibility index (Phi) is 3.03. The molecule has 0 atom stereocenters. The number of fused-ring (bicyclic) bond motifs is 1. The number of benzene rings is 2. The van der Waals surface area contributed by atoms with Crippen molar-refractivity contribution in [1.29, 1.82) is 0 Å². The minimum absolute atomic E-state index is 1.07. The second-order valence-corrected chi connectivity index (χ2v) is 5.31. The number of pyridine rings is 1. The Balaban J connectivity index is 2.02. The zero-order valence-electron chi connectivity index (χ0n) is 10.1. The first-order valence-electron chi connectivity index (χ1n) is 5.91. The van der Waals surface area contributed by atoms with Crippen molar-refractivity contribution in [2.45, 2.75) is 16.8 Å². The van der Waals surface area contributed by atoms with Crippen LogP contribution < -0.4 is 0 Å². The van der Waals surface area contributed by atoms with Gasteiger partial charge < -0.3 is 0 Å². The van der Waals surface area contributed by atoms with E-state index in [4.69, 9.17) is 0 Å². The third kappa shape index (κ3) is 2.24. The van der Waals surface area contributed by atoms with Crippen LogP contribution in [-0.2, 0) is 0 Å². The molecule has 2 aromatic carbocycles. The predicted octanol–water partition coefficient (Wildman–Crippen LogP) is 4.69. The second kappa shape index (κ2) is 4.83. The molecule has 1 aromatic heterocycles. The fourth-order valence-electron chi connectivity index (χ4n) is 1.89. The number of hydrogen-bond donors (Lipinski definition) is 0. The van der Waals surface area contributed by atoms with E-state index in [1.807, 2.05) is 6.20 Å². The van der Waals surface area contributed by atoms with Crippen LogP contribution in [0, 0.1) is 6.92 Å². The molecule has 0 unspecified atom stereocenters. The minimum atomic E-state index is 1.07. The standard InChI is InChI=1S/C16H13NS/c1-12-6-8-14(9-7-12)18-16-15-5-3-2-4-13(15)10-11-17-16/h2-11H,1H3. The highest BCUT2D eigenvalue weighted by Crippen LogP contribution is 2.31. The van der Waals surface area contributed by atoms with Crippen molar-refractivity contribution < 1.29 is 0 Å². The summed E-state index contributed by atoms with van der Waals surface area (Å²) >= 11 is 1.71. The van der Waals surface area contributed by atoms with Crippen molar-refractivity contribution >= 4 is 22.5 Å². The van der Waals surface area contributed by atoms with Gasteiger partial charge in [0.05, 0.1) is 0 Å². The lowest BCUT2D eigenvalue weighted by molar-refractivity contribution is 1.17. The van der Waals surface area contributed by atoms with Gasteiger partial charge in [-0.25, -0.2) is 4.98 Å². The van der Waals surface area contributed by atoms with Crippen LogP contribution in [0.2, 0.25) is 0 Å². The predicted molar refractivity (Wildman–Crippen MR) is 77.0 cm³/mol. The molecule has 1 nitrogen and oxygen atoms in total. The van der Waals surface area contributed by atoms with Crippen LogP contribution in [0.3, 0.4) is 0 Å². The van der Waals surface area contributed by atoms with Gasteiger partial charge in [0.25, 0.3) is 0 Å². The van der Waals surface area contributed by atoms with Crippen LogP contribution in [0.25, 0.3) is 10.8 Å². The second-order valence-electron chi connectivity index (χ2n) is 4.25. The zero-order chi connectivity index (χ0) is 12.4. The third-order valence-electron chi connectivity index (χ3n) is 2.87. The largest absolute Gasteiger partial charge is 0.249 e. The van der Waals surface area contributed by atoms with E-state index in [-0.39, 0.29) is 0 Å². The van der Waals surface area contributed by atoms with E-state index in [1.165, 1.54) is 21.2 Å². The lowest BCUT2D eigenvalue weighted by atomic mass is 10.2. The van der Waals surface area contributed by atoms with Crippen LogP contribution >= 0.6 is 11.8 Å². The van der Waals surface area contributed by atoms with Crippen molar-refractivity contribution in [2.24, 2.45) is 0 Å². The summed E-state index contributed by atoms with van der Waals surface area (Å²) in [4.78, 5) is 5.71. The number of rotatable bonds is 2. The van der Waals surface area contributed by atoms with Gasteiger partial charge in [-0.1, -0.05) is 53.7 Å². The molecular weight excluding hydrogens is 238 g/mol. The highest BCUT2D eigenvalue weighted by Gasteiger charge is 2.03. The first-order chi connectivity index (χ1) is 8.83. The van der Waals surface area contributed by atoms with E-state index in [2.05, 4.69) is 66.5 Å². The summed E-state index contributed by atoms with van der Waals surface area (Å²) in [6.07, 6.45) is 1.87. The molecule has 0 N–H and O–H groups in total. The number of hydrogen-bond acceptors (Lipinski definition) is 2. The number of nitrogens with zero attached hydrogens (tertiary/aromatic N) is 1. The highest BCUT2D eigenvalue weighted by molar-refractivity contribution is 7.99. The van der Waals surface area contributed by atoms with E-state index in [0.717, 1.165) is 5.03 Å². The van der Waals surface area contributed by atoms with E-state index < -0.39 is 0 Å². The summed E-state index contributed by atoms with van der Waals surface area (Å²) in [7, 11) is 0. The van der Waals surface area contributed by atoms with Gasteiger partial charge in [0.1, 0.15) is 5.03 Å². The topological polar surface area (TPSA) is 12.9 Å². The SMILES string of the molecule is Cc1ccc(Sc2nccc3ccccc23)cc1. The van der Waals surface area contributed by atoms with Crippen LogP contribution in [0.5, 0.6) is 0 Å². The van der Waals surface area contributed by atoms with Crippen LogP contribution in [-0.4, -0.2) is 4.98 Å². The van der Waals surface area contributed by atoms with Gasteiger partial charge >= 0.3 is 0 Å². The molecule has 0 amide bonds. The molecule has 3 rings (SSSR count). The molecule has 0 aliphatic carbocycles. The third-order valence-corrected chi connectivity index (χ3v) is 3.90.